The van der Waals surface area contributed by atoms with Crippen LogP contribution in [0, 0.1) is 13.8 Å². The smallest absolute Gasteiger partial charge is 0.341 e. The van der Waals surface area contributed by atoms with Crippen molar-refractivity contribution in [2.45, 2.75) is 20.3 Å². The Hall–Kier alpha value is -3.02. The van der Waals surface area contributed by atoms with Gasteiger partial charge in [0.25, 0.3) is 0 Å². The number of carboxylic acid groups (broad SMARTS) is 1. The number of fused-ring (bicyclic) bond motifs is 1. The normalized spacial score (nSPS) is 10.8. The molecule has 26 heavy (non-hydrogen) atoms. The molecule has 2 aromatic carbocycles. The summed E-state index contributed by atoms with van der Waals surface area (Å²) in [6, 6.07) is 11.5. The first-order chi connectivity index (χ1) is 12.3. The van der Waals surface area contributed by atoms with Gasteiger partial charge < -0.3 is 14.3 Å². The van der Waals surface area contributed by atoms with E-state index in [1.807, 2.05) is 46.0 Å². The van der Waals surface area contributed by atoms with E-state index in [0.29, 0.717) is 28.7 Å². The lowest BCUT2D eigenvalue weighted by Gasteiger charge is -2.13. The lowest BCUT2D eigenvalue weighted by Crippen LogP contribution is -2.13. The van der Waals surface area contributed by atoms with Gasteiger partial charge in [-0.3, -0.25) is 0 Å². The van der Waals surface area contributed by atoms with Gasteiger partial charge in [-0.25, -0.2) is 9.59 Å². The van der Waals surface area contributed by atoms with Crippen LogP contribution >= 0.6 is 0 Å². The van der Waals surface area contributed by atoms with Crippen LogP contribution in [0.15, 0.2) is 45.6 Å². The molecular formula is C20H19BO5. The molecular weight excluding hydrogens is 331 g/mol. The van der Waals surface area contributed by atoms with Gasteiger partial charge >= 0.3 is 11.6 Å². The molecule has 0 aliphatic carbocycles. The number of ether oxygens (including phenoxy) is 1. The van der Waals surface area contributed by atoms with Gasteiger partial charge in [-0.15, -0.1) is 0 Å². The van der Waals surface area contributed by atoms with Gasteiger partial charge in [0.15, 0.2) is 6.61 Å². The van der Waals surface area contributed by atoms with Crippen molar-refractivity contribution in [3.63, 3.8) is 0 Å². The third kappa shape index (κ3) is 3.64. The predicted octanol–water partition coefficient (Wildman–Crippen LogP) is 1.72. The standard InChI is InChI=1S/C20H19BO5/c1-11-7-16(25-10-18(22)23)19-12(2)15(20(24)26-17(19)8-11)9-13-3-5-14(21)6-4-13/h3-8H,9-10,21H2,1-2H3,(H,22,23). The van der Waals surface area contributed by atoms with Crippen LogP contribution in [0.25, 0.3) is 11.0 Å². The number of hydrogen-bond donors (Lipinski definition) is 1. The first kappa shape index (κ1) is 17.8. The highest BCUT2D eigenvalue weighted by Crippen LogP contribution is 2.31. The van der Waals surface area contributed by atoms with Crippen molar-refractivity contribution < 1.29 is 19.1 Å². The van der Waals surface area contributed by atoms with Crippen molar-refractivity contribution >= 4 is 30.2 Å². The summed E-state index contributed by atoms with van der Waals surface area (Å²) in [5, 5.41) is 9.54. The van der Waals surface area contributed by atoms with Crippen molar-refractivity contribution in [3.8, 4) is 5.75 Å². The number of aryl methyl sites for hydroxylation is 2. The maximum atomic E-state index is 12.5. The van der Waals surface area contributed by atoms with E-state index in [4.69, 9.17) is 14.3 Å². The number of benzene rings is 2. The monoisotopic (exact) mass is 350 g/mol. The molecule has 0 atom stereocenters. The molecule has 0 radical (unpaired) electrons. The molecule has 0 unspecified atom stereocenters. The summed E-state index contributed by atoms with van der Waals surface area (Å²) in [4.78, 5) is 23.4. The number of aliphatic carboxylic acids is 1. The molecule has 0 saturated carbocycles. The van der Waals surface area contributed by atoms with E-state index in [2.05, 4.69) is 0 Å². The molecule has 1 heterocycles. The van der Waals surface area contributed by atoms with Gasteiger partial charge in [-0.05, 0) is 42.7 Å². The Morgan fingerprint density at radius 2 is 1.88 bits per heavy atom. The van der Waals surface area contributed by atoms with Gasteiger partial charge in [-0.1, -0.05) is 29.7 Å². The summed E-state index contributed by atoms with van der Waals surface area (Å²) in [6.45, 7) is 3.22. The first-order valence-corrected chi connectivity index (χ1v) is 8.32. The lowest BCUT2D eigenvalue weighted by molar-refractivity contribution is -0.139. The molecule has 3 rings (SSSR count). The highest BCUT2D eigenvalue weighted by atomic mass is 16.5. The second-order valence-electron chi connectivity index (χ2n) is 6.47. The molecule has 0 amide bonds. The quantitative estimate of drug-likeness (QED) is 0.560. The van der Waals surface area contributed by atoms with Gasteiger partial charge in [0.2, 0.25) is 0 Å². The van der Waals surface area contributed by atoms with E-state index >= 15 is 0 Å². The highest BCUT2D eigenvalue weighted by Gasteiger charge is 2.17. The molecule has 0 bridgehead atoms. The van der Waals surface area contributed by atoms with E-state index in [1.165, 1.54) is 0 Å². The Bertz CT molecular complexity index is 1030. The topological polar surface area (TPSA) is 76.7 Å². The summed E-state index contributed by atoms with van der Waals surface area (Å²) in [6.07, 6.45) is 0.441. The Morgan fingerprint density at radius 1 is 1.19 bits per heavy atom. The third-order valence-electron chi connectivity index (χ3n) is 4.34. The first-order valence-electron chi connectivity index (χ1n) is 8.32. The van der Waals surface area contributed by atoms with Crippen LogP contribution in [0.5, 0.6) is 5.75 Å². The molecule has 0 saturated heterocycles. The molecule has 1 aromatic heterocycles. The van der Waals surface area contributed by atoms with Crippen molar-refractivity contribution in [3.05, 3.63) is 69.1 Å². The van der Waals surface area contributed by atoms with Gasteiger partial charge in [0, 0.05) is 12.0 Å². The largest absolute Gasteiger partial charge is 0.481 e. The molecule has 0 fully saturated rings. The van der Waals surface area contributed by atoms with E-state index in [9.17, 15) is 9.59 Å². The third-order valence-corrected chi connectivity index (χ3v) is 4.34. The van der Waals surface area contributed by atoms with Gasteiger partial charge in [0.1, 0.15) is 19.2 Å². The minimum Gasteiger partial charge on any atom is -0.481 e. The second-order valence-corrected chi connectivity index (χ2v) is 6.47. The van der Waals surface area contributed by atoms with Crippen LogP contribution < -0.4 is 15.8 Å². The van der Waals surface area contributed by atoms with Crippen LogP contribution in [0.3, 0.4) is 0 Å². The molecule has 5 nitrogen and oxygen atoms in total. The van der Waals surface area contributed by atoms with E-state index < -0.39 is 12.6 Å². The van der Waals surface area contributed by atoms with Crippen LogP contribution in [0.1, 0.15) is 22.3 Å². The molecule has 6 heteroatoms. The molecule has 1 N–H and O–H groups in total. The van der Waals surface area contributed by atoms with Crippen molar-refractivity contribution in [2.75, 3.05) is 6.61 Å². The fourth-order valence-corrected chi connectivity index (χ4v) is 3.00. The zero-order chi connectivity index (χ0) is 18.8. The molecule has 3 aromatic rings. The van der Waals surface area contributed by atoms with Crippen molar-refractivity contribution in [1.29, 1.82) is 0 Å². The zero-order valence-electron chi connectivity index (χ0n) is 15.0. The van der Waals surface area contributed by atoms with Crippen molar-refractivity contribution in [2.24, 2.45) is 0 Å². The number of hydrogen-bond acceptors (Lipinski definition) is 4. The Labute approximate surface area is 151 Å². The number of rotatable bonds is 5. The maximum Gasteiger partial charge on any atom is 0.341 e. The Kier molecular flexibility index (Phi) is 4.84. The minimum atomic E-state index is -1.06. The molecule has 132 valence electrons. The van der Waals surface area contributed by atoms with E-state index in [-0.39, 0.29) is 5.63 Å². The summed E-state index contributed by atoms with van der Waals surface area (Å²) in [5.41, 5.74) is 4.29. The molecule has 0 aliphatic rings. The summed E-state index contributed by atoms with van der Waals surface area (Å²) >= 11 is 0. The number of carbonyl (C=O) groups is 1. The summed E-state index contributed by atoms with van der Waals surface area (Å²) < 4.78 is 11.0. The van der Waals surface area contributed by atoms with Gasteiger partial charge in [-0.2, -0.15) is 0 Å². The van der Waals surface area contributed by atoms with Crippen LogP contribution in [-0.4, -0.2) is 25.5 Å². The van der Waals surface area contributed by atoms with E-state index in [0.717, 1.165) is 22.2 Å². The van der Waals surface area contributed by atoms with Crippen LogP contribution in [0.4, 0.5) is 0 Å². The average Bonchev–Trinajstić information content (AvgIpc) is 2.57. The summed E-state index contributed by atoms with van der Waals surface area (Å²) in [5.74, 6) is -0.650. The SMILES string of the molecule is Bc1ccc(Cc2c(C)c3c(OCC(=O)O)cc(C)cc3oc2=O)cc1. The fourth-order valence-electron chi connectivity index (χ4n) is 3.00. The Balaban J connectivity index is 2.13. The average molecular weight is 350 g/mol. The van der Waals surface area contributed by atoms with Crippen LogP contribution in [0.2, 0.25) is 0 Å². The van der Waals surface area contributed by atoms with Gasteiger partial charge in [0.05, 0.1) is 5.39 Å². The lowest BCUT2D eigenvalue weighted by atomic mass is 9.93. The second kappa shape index (κ2) is 7.08. The fraction of sp³-hybridized carbons (Fsp3) is 0.200. The van der Waals surface area contributed by atoms with Crippen molar-refractivity contribution in [1.82, 2.24) is 0 Å². The molecule has 0 spiro atoms. The predicted molar refractivity (Wildman–Crippen MR) is 103 cm³/mol. The van der Waals surface area contributed by atoms with E-state index in [1.54, 1.807) is 12.1 Å². The zero-order valence-corrected chi connectivity index (χ0v) is 15.0. The minimum absolute atomic E-state index is 0.384. The number of carboxylic acids is 1. The van der Waals surface area contributed by atoms with Crippen LogP contribution in [-0.2, 0) is 11.2 Å². The highest BCUT2D eigenvalue weighted by molar-refractivity contribution is 6.32. The Morgan fingerprint density at radius 3 is 2.54 bits per heavy atom. The molecule has 0 aliphatic heterocycles. The maximum absolute atomic E-state index is 12.5. The summed E-state index contributed by atoms with van der Waals surface area (Å²) in [7, 11) is 2.01.